The number of rotatable bonds is 3. The predicted octanol–water partition coefficient (Wildman–Crippen LogP) is 2.80. The van der Waals surface area contributed by atoms with Gasteiger partial charge in [-0.3, -0.25) is 9.69 Å². The number of carbonyl (C=O) groups excluding carboxylic acids is 1. The number of amides is 1. The van der Waals surface area contributed by atoms with Crippen LogP contribution in [0.3, 0.4) is 0 Å². The highest BCUT2D eigenvalue weighted by atomic mass is 16.1. The molecule has 3 heteroatoms. The van der Waals surface area contributed by atoms with Crippen molar-refractivity contribution in [3.8, 4) is 0 Å². The third-order valence-corrected chi connectivity index (χ3v) is 5.06. The molecule has 1 unspecified atom stereocenters. The molecule has 0 spiro atoms. The SMILES string of the molecule is CC(=O)NC1CCCN(C2CCC(C(C)C)CC2)C1. The Balaban J connectivity index is 1.80. The Kier molecular flexibility index (Phi) is 5.26. The molecule has 19 heavy (non-hydrogen) atoms. The fraction of sp³-hybridized carbons (Fsp3) is 0.938. The molecule has 3 nitrogen and oxygen atoms in total. The molecular weight excluding hydrogens is 236 g/mol. The van der Waals surface area contributed by atoms with Crippen LogP contribution in [0, 0.1) is 11.8 Å². The zero-order valence-corrected chi connectivity index (χ0v) is 12.8. The van der Waals surface area contributed by atoms with Crippen LogP contribution in [-0.4, -0.2) is 36.0 Å². The van der Waals surface area contributed by atoms with Crippen molar-refractivity contribution < 1.29 is 4.79 Å². The van der Waals surface area contributed by atoms with Gasteiger partial charge in [-0.05, 0) is 56.9 Å². The molecule has 1 aliphatic heterocycles. The second-order valence-electron chi connectivity index (χ2n) is 6.85. The lowest BCUT2D eigenvalue weighted by Crippen LogP contribution is -2.51. The molecule has 1 atom stereocenters. The second kappa shape index (κ2) is 6.74. The molecule has 1 saturated carbocycles. The first kappa shape index (κ1) is 14.8. The summed E-state index contributed by atoms with van der Waals surface area (Å²) >= 11 is 0. The summed E-state index contributed by atoms with van der Waals surface area (Å²) in [5.74, 6) is 1.90. The highest BCUT2D eigenvalue weighted by molar-refractivity contribution is 5.73. The third kappa shape index (κ3) is 4.20. The van der Waals surface area contributed by atoms with Crippen LogP contribution in [0.25, 0.3) is 0 Å². The van der Waals surface area contributed by atoms with E-state index in [1.54, 1.807) is 6.92 Å². The van der Waals surface area contributed by atoms with E-state index in [0.717, 1.165) is 30.8 Å². The van der Waals surface area contributed by atoms with Gasteiger partial charge in [0.1, 0.15) is 0 Å². The van der Waals surface area contributed by atoms with Gasteiger partial charge in [0.15, 0.2) is 0 Å². The number of nitrogens with one attached hydrogen (secondary N) is 1. The number of carbonyl (C=O) groups is 1. The van der Waals surface area contributed by atoms with E-state index < -0.39 is 0 Å². The lowest BCUT2D eigenvalue weighted by molar-refractivity contribution is -0.120. The van der Waals surface area contributed by atoms with Crippen LogP contribution in [-0.2, 0) is 4.79 Å². The number of hydrogen-bond acceptors (Lipinski definition) is 2. The Morgan fingerprint density at radius 1 is 1.16 bits per heavy atom. The molecule has 1 heterocycles. The summed E-state index contributed by atoms with van der Waals surface area (Å²) in [6, 6.07) is 1.15. The van der Waals surface area contributed by atoms with E-state index in [-0.39, 0.29) is 5.91 Å². The van der Waals surface area contributed by atoms with E-state index in [9.17, 15) is 4.79 Å². The highest BCUT2D eigenvalue weighted by Crippen LogP contribution is 2.33. The Bertz CT molecular complexity index is 295. The molecule has 2 aliphatic rings. The third-order valence-electron chi connectivity index (χ3n) is 5.06. The standard InChI is InChI=1S/C16H30N2O/c1-12(2)14-6-8-16(9-7-14)18-10-4-5-15(11-18)17-13(3)19/h12,14-16H,4-11H2,1-3H3,(H,17,19). The van der Waals surface area contributed by atoms with E-state index in [1.807, 2.05) is 0 Å². The number of piperidine rings is 1. The van der Waals surface area contributed by atoms with Crippen LogP contribution in [0.4, 0.5) is 0 Å². The van der Waals surface area contributed by atoms with Gasteiger partial charge in [-0.1, -0.05) is 13.8 Å². The summed E-state index contributed by atoms with van der Waals surface area (Å²) in [6.45, 7) is 8.65. The summed E-state index contributed by atoms with van der Waals surface area (Å²) in [5, 5.41) is 3.10. The number of nitrogens with zero attached hydrogens (tertiary/aromatic N) is 1. The largest absolute Gasteiger partial charge is 0.352 e. The van der Waals surface area contributed by atoms with Crippen molar-refractivity contribution in [1.29, 1.82) is 0 Å². The van der Waals surface area contributed by atoms with Gasteiger partial charge >= 0.3 is 0 Å². The molecule has 1 saturated heterocycles. The first-order valence-electron chi connectivity index (χ1n) is 8.07. The second-order valence-corrected chi connectivity index (χ2v) is 6.85. The molecular formula is C16H30N2O. The van der Waals surface area contributed by atoms with Crippen LogP contribution in [0.5, 0.6) is 0 Å². The maximum atomic E-state index is 11.2. The molecule has 0 aromatic heterocycles. The lowest BCUT2D eigenvalue weighted by atomic mass is 9.79. The Morgan fingerprint density at radius 3 is 2.42 bits per heavy atom. The van der Waals surface area contributed by atoms with Gasteiger partial charge in [0, 0.05) is 25.6 Å². The summed E-state index contributed by atoms with van der Waals surface area (Å²) in [7, 11) is 0. The van der Waals surface area contributed by atoms with Crippen molar-refractivity contribution in [1.82, 2.24) is 10.2 Å². The average molecular weight is 266 g/mol. The Morgan fingerprint density at radius 2 is 1.84 bits per heavy atom. The van der Waals surface area contributed by atoms with E-state index in [2.05, 4.69) is 24.1 Å². The normalized spacial score (nSPS) is 33.4. The topological polar surface area (TPSA) is 32.3 Å². The number of likely N-dealkylation sites (tertiary alicyclic amines) is 1. The van der Waals surface area contributed by atoms with E-state index in [0.29, 0.717) is 6.04 Å². The maximum Gasteiger partial charge on any atom is 0.217 e. The molecule has 0 bridgehead atoms. The first-order valence-corrected chi connectivity index (χ1v) is 8.07. The van der Waals surface area contributed by atoms with Crippen molar-refractivity contribution in [3.63, 3.8) is 0 Å². The smallest absolute Gasteiger partial charge is 0.217 e. The molecule has 1 amide bonds. The van der Waals surface area contributed by atoms with Gasteiger partial charge in [0.2, 0.25) is 5.91 Å². The molecule has 1 N–H and O–H groups in total. The fourth-order valence-electron chi connectivity index (χ4n) is 3.88. The first-order chi connectivity index (χ1) is 9.06. The zero-order valence-electron chi connectivity index (χ0n) is 12.8. The monoisotopic (exact) mass is 266 g/mol. The summed E-state index contributed by atoms with van der Waals surface area (Å²) in [6.07, 6.45) is 7.88. The van der Waals surface area contributed by atoms with Crippen molar-refractivity contribution in [2.75, 3.05) is 13.1 Å². The van der Waals surface area contributed by atoms with Crippen LogP contribution in [0.1, 0.15) is 59.3 Å². The summed E-state index contributed by atoms with van der Waals surface area (Å²) < 4.78 is 0. The van der Waals surface area contributed by atoms with Gasteiger partial charge < -0.3 is 5.32 Å². The molecule has 0 aromatic rings. The van der Waals surface area contributed by atoms with Crippen molar-refractivity contribution in [2.45, 2.75) is 71.4 Å². The Labute approximate surface area is 118 Å². The minimum atomic E-state index is 0.121. The van der Waals surface area contributed by atoms with Crippen molar-refractivity contribution in [2.24, 2.45) is 11.8 Å². The summed E-state index contributed by atoms with van der Waals surface area (Å²) in [4.78, 5) is 13.8. The molecule has 0 radical (unpaired) electrons. The average Bonchev–Trinajstić information content (AvgIpc) is 2.38. The van der Waals surface area contributed by atoms with Crippen molar-refractivity contribution in [3.05, 3.63) is 0 Å². The quantitative estimate of drug-likeness (QED) is 0.852. The maximum absolute atomic E-state index is 11.2. The Hall–Kier alpha value is -0.570. The summed E-state index contributed by atoms with van der Waals surface area (Å²) in [5.41, 5.74) is 0. The molecule has 1 aliphatic carbocycles. The molecule has 2 fully saturated rings. The van der Waals surface area contributed by atoms with Gasteiger partial charge in [0.05, 0.1) is 0 Å². The molecule has 2 rings (SSSR count). The van der Waals surface area contributed by atoms with Gasteiger partial charge in [-0.2, -0.15) is 0 Å². The van der Waals surface area contributed by atoms with Crippen LogP contribution >= 0.6 is 0 Å². The van der Waals surface area contributed by atoms with Crippen LogP contribution in [0.2, 0.25) is 0 Å². The molecule has 110 valence electrons. The fourth-order valence-corrected chi connectivity index (χ4v) is 3.88. The lowest BCUT2D eigenvalue weighted by Gasteiger charge is -2.42. The highest BCUT2D eigenvalue weighted by Gasteiger charge is 2.30. The van der Waals surface area contributed by atoms with E-state index in [1.165, 1.54) is 38.6 Å². The minimum Gasteiger partial charge on any atom is -0.352 e. The van der Waals surface area contributed by atoms with Crippen LogP contribution < -0.4 is 5.32 Å². The van der Waals surface area contributed by atoms with Gasteiger partial charge in [0.25, 0.3) is 0 Å². The van der Waals surface area contributed by atoms with Crippen molar-refractivity contribution >= 4 is 5.91 Å². The van der Waals surface area contributed by atoms with Gasteiger partial charge in [-0.25, -0.2) is 0 Å². The predicted molar refractivity (Wildman–Crippen MR) is 79.0 cm³/mol. The number of hydrogen-bond donors (Lipinski definition) is 1. The van der Waals surface area contributed by atoms with Gasteiger partial charge in [-0.15, -0.1) is 0 Å². The minimum absolute atomic E-state index is 0.121. The van der Waals surface area contributed by atoms with E-state index in [4.69, 9.17) is 0 Å². The van der Waals surface area contributed by atoms with Crippen LogP contribution in [0.15, 0.2) is 0 Å². The zero-order chi connectivity index (χ0) is 13.8. The molecule has 0 aromatic carbocycles. The van der Waals surface area contributed by atoms with E-state index >= 15 is 0 Å².